The summed E-state index contributed by atoms with van der Waals surface area (Å²) >= 11 is 0. The summed E-state index contributed by atoms with van der Waals surface area (Å²) in [6.45, 7) is 4.31. The van der Waals surface area contributed by atoms with Crippen molar-refractivity contribution in [1.29, 1.82) is 10.5 Å². The zero-order chi connectivity index (χ0) is 20.3. The summed E-state index contributed by atoms with van der Waals surface area (Å²) in [6.07, 6.45) is 2.42. The summed E-state index contributed by atoms with van der Waals surface area (Å²) < 4.78 is 1.66. The molecule has 0 saturated heterocycles. The number of nitrogens with zero attached hydrogens (tertiary/aromatic N) is 6. The van der Waals surface area contributed by atoms with E-state index in [-0.39, 0.29) is 5.91 Å². The summed E-state index contributed by atoms with van der Waals surface area (Å²) in [6, 6.07) is 11.4. The van der Waals surface area contributed by atoms with Gasteiger partial charge in [-0.3, -0.25) is 4.79 Å². The average molecular weight is 372 g/mol. The number of fused-ring (bicyclic) bond motifs is 1. The lowest BCUT2D eigenvalue weighted by molar-refractivity contribution is -0.130. The number of carbonyl (C=O) groups is 1. The second kappa shape index (κ2) is 7.89. The zero-order valence-electron chi connectivity index (χ0n) is 16.1. The number of aryl methyl sites for hydroxylation is 2. The van der Waals surface area contributed by atoms with E-state index in [4.69, 9.17) is 10.5 Å². The monoisotopic (exact) mass is 372 g/mol. The van der Waals surface area contributed by atoms with Gasteiger partial charge in [0.15, 0.2) is 5.65 Å². The number of aromatic nitrogens is 3. The second-order valence-electron chi connectivity index (χ2n) is 6.73. The lowest BCUT2D eigenvalue weighted by Crippen LogP contribution is -2.26. The van der Waals surface area contributed by atoms with Crippen molar-refractivity contribution in [3.63, 3.8) is 0 Å². The minimum absolute atomic E-state index is 0.0291. The van der Waals surface area contributed by atoms with Gasteiger partial charge in [0.2, 0.25) is 5.91 Å². The fourth-order valence-corrected chi connectivity index (χ4v) is 3.22. The Bertz CT molecular complexity index is 1110. The molecule has 0 fully saturated rings. The van der Waals surface area contributed by atoms with Crippen LogP contribution in [0.15, 0.2) is 30.5 Å². The normalized spacial score (nSPS) is 10.5. The predicted molar refractivity (Wildman–Crippen MR) is 103 cm³/mol. The first-order chi connectivity index (χ1) is 13.4. The van der Waals surface area contributed by atoms with Gasteiger partial charge in [-0.25, -0.2) is 9.50 Å². The molecule has 0 aliphatic rings. The van der Waals surface area contributed by atoms with E-state index in [1.54, 1.807) is 28.6 Å². The Kier molecular flexibility index (Phi) is 5.37. The van der Waals surface area contributed by atoms with Crippen molar-refractivity contribution in [2.75, 3.05) is 7.05 Å². The lowest BCUT2D eigenvalue weighted by Gasteiger charge is -2.18. The zero-order valence-corrected chi connectivity index (χ0v) is 16.1. The van der Waals surface area contributed by atoms with Crippen LogP contribution in [-0.4, -0.2) is 32.5 Å². The highest BCUT2D eigenvalue weighted by molar-refractivity contribution is 5.76. The molecule has 1 aromatic carbocycles. The Morgan fingerprint density at radius 2 is 1.89 bits per heavy atom. The molecule has 3 aromatic rings. The molecule has 0 bridgehead atoms. The minimum Gasteiger partial charge on any atom is -0.341 e. The standard InChI is InChI=1S/C21H20N6O/c1-14-19(15(2)27-21(25-14)18(11-23)12-24-27)8-9-20(28)26(3)13-17-6-4-16(10-22)5-7-17/h4-7,12H,8-9,13H2,1-3H3. The molecule has 28 heavy (non-hydrogen) atoms. The van der Waals surface area contributed by atoms with Crippen molar-refractivity contribution in [3.8, 4) is 12.1 Å². The summed E-state index contributed by atoms with van der Waals surface area (Å²) in [5, 5.41) is 22.3. The van der Waals surface area contributed by atoms with E-state index in [9.17, 15) is 4.79 Å². The van der Waals surface area contributed by atoms with E-state index in [1.165, 1.54) is 6.20 Å². The van der Waals surface area contributed by atoms with E-state index in [2.05, 4.69) is 22.2 Å². The first-order valence-electron chi connectivity index (χ1n) is 8.91. The number of amides is 1. The highest BCUT2D eigenvalue weighted by Gasteiger charge is 2.16. The highest BCUT2D eigenvalue weighted by Crippen LogP contribution is 2.18. The maximum absolute atomic E-state index is 12.6. The van der Waals surface area contributed by atoms with Crippen LogP contribution in [-0.2, 0) is 17.8 Å². The summed E-state index contributed by atoms with van der Waals surface area (Å²) in [5.74, 6) is 0.0291. The fourth-order valence-electron chi connectivity index (χ4n) is 3.22. The van der Waals surface area contributed by atoms with Crippen LogP contribution in [0, 0.1) is 36.5 Å². The van der Waals surface area contributed by atoms with Gasteiger partial charge < -0.3 is 4.90 Å². The van der Waals surface area contributed by atoms with Crippen molar-refractivity contribution in [2.24, 2.45) is 0 Å². The van der Waals surface area contributed by atoms with Gasteiger partial charge >= 0.3 is 0 Å². The number of carbonyl (C=O) groups excluding carboxylic acids is 1. The van der Waals surface area contributed by atoms with Gasteiger partial charge in [-0.1, -0.05) is 12.1 Å². The first-order valence-corrected chi connectivity index (χ1v) is 8.91. The molecule has 0 unspecified atom stereocenters. The van der Waals surface area contributed by atoms with E-state index < -0.39 is 0 Å². The molecule has 0 saturated carbocycles. The van der Waals surface area contributed by atoms with Gasteiger partial charge in [0.25, 0.3) is 0 Å². The molecule has 3 rings (SSSR count). The smallest absolute Gasteiger partial charge is 0.222 e. The van der Waals surface area contributed by atoms with Gasteiger partial charge in [-0.2, -0.15) is 15.6 Å². The molecule has 0 aliphatic heterocycles. The van der Waals surface area contributed by atoms with Crippen molar-refractivity contribution < 1.29 is 4.79 Å². The Labute approximate surface area is 163 Å². The molecule has 0 aliphatic carbocycles. The molecule has 1 amide bonds. The molecule has 7 nitrogen and oxygen atoms in total. The predicted octanol–water partition coefficient (Wildman–Crippen LogP) is 2.68. The van der Waals surface area contributed by atoms with E-state index in [0.717, 1.165) is 22.5 Å². The number of hydrogen-bond acceptors (Lipinski definition) is 5. The van der Waals surface area contributed by atoms with E-state index in [0.29, 0.717) is 36.2 Å². The minimum atomic E-state index is 0.0291. The van der Waals surface area contributed by atoms with Crippen LogP contribution in [0.4, 0.5) is 0 Å². The maximum Gasteiger partial charge on any atom is 0.222 e. The van der Waals surface area contributed by atoms with Crippen molar-refractivity contribution in [2.45, 2.75) is 33.2 Å². The molecule has 7 heteroatoms. The number of nitriles is 2. The molecule has 0 N–H and O–H groups in total. The van der Waals surface area contributed by atoms with Crippen molar-refractivity contribution in [1.82, 2.24) is 19.5 Å². The van der Waals surface area contributed by atoms with E-state index >= 15 is 0 Å². The molecule has 0 spiro atoms. The fraction of sp³-hybridized carbons (Fsp3) is 0.286. The van der Waals surface area contributed by atoms with E-state index in [1.807, 2.05) is 26.0 Å². The third kappa shape index (κ3) is 3.70. The van der Waals surface area contributed by atoms with Gasteiger partial charge in [-0.15, -0.1) is 0 Å². The Balaban J connectivity index is 1.70. The van der Waals surface area contributed by atoms with Crippen LogP contribution in [0.25, 0.3) is 5.65 Å². The van der Waals surface area contributed by atoms with Crippen LogP contribution in [0.5, 0.6) is 0 Å². The van der Waals surface area contributed by atoms with Crippen molar-refractivity contribution in [3.05, 3.63) is 64.1 Å². The average Bonchev–Trinajstić information content (AvgIpc) is 3.11. The van der Waals surface area contributed by atoms with Crippen LogP contribution in [0.2, 0.25) is 0 Å². The lowest BCUT2D eigenvalue weighted by atomic mass is 10.1. The van der Waals surface area contributed by atoms with Gasteiger partial charge in [-0.05, 0) is 43.5 Å². The van der Waals surface area contributed by atoms with Crippen LogP contribution in [0.3, 0.4) is 0 Å². The highest BCUT2D eigenvalue weighted by atomic mass is 16.2. The summed E-state index contributed by atoms with van der Waals surface area (Å²) in [4.78, 5) is 18.7. The molecule has 2 aromatic heterocycles. The number of benzene rings is 1. The van der Waals surface area contributed by atoms with Crippen LogP contribution in [0.1, 0.15) is 40.1 Å². The first kappa shape index (κ1) is 19.1. The molecule has 2 heterocycles. The molecule has 0 radical (unpaired) electrons. The third-order valence-corrected chi connectivity index (χ3v) is 4.85. The molecule has 140 valence electrons. The molecular formula is C21H20N6O. The Hall–Kier alpha value is -3.71. The topological polar surface area (TPSA) is 98.1 Å². The van der Waals surface area contributed by atoms with Crippen LogP contribution < -0.4 is 0 Å². The summed E-state index contributed by atoms with van der Waals surface area (Å²) in [5.41, 5.74) is 5.24. The largest absolute Gasteiger partial charge is 0.341 e. The third-order valence-electron chi connectivity index (χ3n) is 4.85. The number of rotatable bonds is 5. The molecule has 0 atom stereocenters. The Morgan fingerprint density at radius 3 is 2.54 bits per heavy atom. The number of hydrogen-bond donors (Lipinski definition) is 0. The van der Waals surface area contributed by atoms with Gasteiger partial charge in [0.05, 0.1) is 17.8 Å². The van der Waals surface area contributed by atoms with Crippen LogP contribution >= 0.6 is 0 Å². The maximum atomic E-state index is 12.6. The van der Waals surface area contributed by atoms with Gasteiger partial charge in [0.1, 0.15) is 11.6 Å². The summed E-state index contributed by atoms with van der Waals surface area (Å²) in [7, 11) is 1.77. The SMILES string of the molecule is Cc1nc2c(C#N)cnn2c(C)c1CCC(=O)N(C)Cc1ccc(C#N)cc1. The quantitative estimate of drug-likeness (QED) is 0.686. The molecular weight excluding hydrogens is 352 g/mol. The Morgan fingerprint density at radius 1 is 1.18 bits per heavy atom. The second-order valence-corrected chi connectivity index (χ2v) is 6.73. The van der Waals surface area contributed by atoms with Crippen molar-refractivity contribution >= 4 is 11.6 Å². The van der Waals surface area contributed by atoms with Gasteiger partial charge in [0, 0.05) is 31.4 Å².